The highest BCUT2D eigenvalue weighted by atomic mass is 35.5. The number of carbonyl (C=O) groups is 2. The molecule has 0 aromatic heterocycles. The van der Waals surface area contributed by atoms with Crippen LogP contribution in [0.4, 0.5) is 5.69 Å². The predicted octanol–water partition coefficient (Wildman–Crippen LogP) is 1.03. The molecule has 27 heavy (non-hydrogen) atoms. The summed E-state index contributed by atoms with van der Waals surface area (Å²) >= 11 is 0. The highest BCUT2D eigenvalue weighted by molar-refractivity contribution is 5.95. The molecular formula is C19H29ClN4O3. The number of rotatable bonds is 8. The van der Waals surface area contributed by atoms with Crippen LogP contribution in [-0.4, -0.2) is 69.1 Å². The van der Waals surface area contributed by atoms with E-state index in [1.54, 1.807) is 17.0 Å². The molecular weight excluding hydrogens is 368 g/mol. The summed E-state index contributed by atoms with van der Waals surface area (Å²) in [5.74, 6) is 0.694. The van der Waals surface area contributed by atoms with E-state index in [1.807, 2.05) is 12.1 Å². The Morgan fingerprint density at radius 3 is 2.56 bits per heavy atom. The molecule has 1 aromatic rings. The molecule has 7 nitrogen and oxygen atoms in total. The van der Waals surface area contributed by atoms with Crippen LogP contribution in [0.5, 0.6) is 5.75 Å². The number of nitrogens with one attached hydrogen (secondary N) is 2. The summed E-state index contributed by atoms with van der Waals surface area (Å²) in [5, 5.41) is 6.23. The number of carbonyl (C=O) groups excluding carboxylic acids is 2. The van der Waals surface area contributed by atoms with Gasteiger partial charge in [0.25, 0.3) is 5.91 Å². The number of amides is 2. The molecule has 2 aliphatic rings. The maximum Gasteiger partial charge on any atom is 0.257 e. The van der Waals surface area contributed by atoms with E-state index < -0.39 is 0 Å². The Balaban J connectivity index is 0.00000261. The first-order valence-corrected chi connectivity index (χ1v) is 9.45. The lowest BCUT2D eigenvalue weighted by Gasteiger charge is -2.27. The third-order valence-corrected chi connectivity index (χ3v) is 4.77. The monoisotopic (exact) mass is 396 g/mol. The van der Waals surface area contributed by atoms with Crippen LogP contribution in [0.3, 0.4) is 0 Å². The maximum atomic E-state index is 11.9. The Morgan fingerprint density at radius 1 is 1.15 bits per heavy atom. The summed E-state index contributed by atoms with van der Waals surface area (Å²) in [7, 11) is 0. The third kappa shape index (κ3) is 6.68. The van der Waals surface area contributed by atoms with Gasteiger partial charge in [0, 0.05) is 51.4 Å². The van der Waals surface area contributed by atoms with Crippen LogP contribution in [0, 0.1) is 0 Å². The molecule has 0 saturated carbocycles. The molecule has 2 aliphatic heterocycles. The van der Waals surface area contributed by atoms with Crippen LogP contribution in [-0.2, 0) is 9.59 Å². The first kappa shape index (κ1) is 21.5. The number of nitrogens with zero attached hydrogens (tertiary/aromatic N) is 2. The normalized spacial score (nSPS) is 17.5. The molecule has 0 spiro atoms. The average Bonchev–Trinajstić information content (AvgIpc) is 3.11. The van der Waals surface area contributed by atoms with Gasteiger partial charge in [0.2, 0.25) is 5.91 Å². The number of benzene rings is 1. The van der Waals surface area contributed by atoms with Crippen LogP contribution in [0.1, 0.15) is 19.3 Å². The lowest BCUT2D eigenvalue weighted by atomic mass is 10.3. The quantitative estimate of drug-likeness (QED) is 0.642. The minimum absolute atomic E-state index is 0. The SMILES string of the molecule is Cl.O=C(COc1ccc(N2CCCC2=O)cc1)NCCCN1CCNCC1. The predicted molar refractivity (Wildman–Crippen MR) is 108 cm³/mol. The van der Waals surface area contributed by atoms with Crippen molar-refractivity contribution in [2.45, 2.75) is 19.3 Å². The van der Waals surface area contributed by atoms with Gasteiger partial charge in [-0.25, -0.2) is 0 Å². The van der Waals surface area contributed by atoms with Crippen molar-refractivity contribution < 1.29 is 14.3 Å². The molecule has 2 heterocycles. The van der Waals surface area contributed by atoms with Crippen LogP contribution in [0.2, 0.25) is 0 Å². The Bertz CT molecular complexity index is 605. The van der Waals surface area contributed by atoms with Gasteiger partial charge in [0.05, 0.1) is 0 Å². The fraction of sp³-hybridized carbons (Fsp3) is 0.579. The minimum atomic E-state index is -0.107. The summed E-state index contributed by atoms with van der Waals surface area (Å²) in [6.45, 7) is 6.72. The molecule has 3 rings (SSSR count). The summed E-state index contributed by atoms with van der Waals surface area (Å²) in [6, 6.07) is 7.34. The largest absolute Gasteiger partial charge is 0.484 e. The van der Waals surface area contributed by atoms with Gasteiger partial charge in [-0.15, -0.1) is 12.4 Å². The molecule has 0 radical (unpaired) electrons. The zero-order chi connectivity index (χ0) is 18.2. The lowest BCUT2D eigenvalue weighted by molar-refractivity contribution is -0.123. The Morgan fingerprint density at radius 2 is 1.89 bits per heavy atom. The third-order valence-electron chi connectivity index (χ3n) is 4.77. The van der Waals surface area contributed by atoms with E-state index >= 15 is 0 Å². The van der Waals surface area contributed by atoms with Crippen LogP contribution >= 0.6 is 12.4 Å². The molecule has 0 bridgehead atoms. The van der Waals surface area contributed by atoms with E-state index in [1.165, 1.54) is 0 Å². The number of hydrogen-bond donors (Lipinski definition) is 2. The molecule has 2 amide bonds. The van der Waals surface area contributed by atoms with Crippen LogP contribution < -0.4 is 20.3 Å². The van der Waals surface area contributed by atoms with Crippen molar-refractivity contribution in [2.24, 2.45) is 0 Å². The molecule has 0 unspecified atom stereocenters. The van der Waals surface area contributed by atoms with Gasteiger partial charge in [-0.05, 0) is 43.7 Å². The molecule has 8 heteroatoms. The van der Waals surface area contributed by atoms with Gasteiger partial charge in [0.1, 0.15) is 5.75 Å². The summed E-state index contributed by atoms with van der Waals surface area (Å²) in [6.07, 6.45) is 2.48. The van der Waals surface area contributed by atoms with Crippen molar-refractivity contribution in [1.82, 2.24) is 15.5 Å². The zero-order valence-corrected chi connectivity index (χ0v) is 16.4. The van der Waals surface area contributed by atoms with Crippen molar-refractivity contribution in [2.75, 3.05) is 57.3 Å². The van der Waals surface area contributed by atoms with E-state index in [4.69, 9.17) is 4.74 Å². The van der Waals surface area contributed by atoms with Gasteiger partial charge < -0.3 is 25.2 Å². The number of piperazine rings is 1. The van der Waals surface area contributed by atoms with E-state index in [9.17, 15) is 9.59 Å². The Hall–Kier alpha value is -1.83. The number of hydrogen-bond acceptors (Lipinski definition) is 5. The second-order valence-corrected chi connectivity index (χ2v) is 6.73. The van der Waals surface area contributed by atoms with Crippen molar-refractivity contribution in [3.05, 3.63) is 24.3 Å². The maximum absolute atomic E-state index is 11.9. The number of ether oxygens (including phenoxy) is 1. The lowest BCUT2D eigenvalue weighted by Crippen LogP contribution is -2.44. The van der Waals surface area contributed by atoms with Gasteiger partial charge in [-0.2, -0.15) is 0 Å². The first-order valence-electron chi connectivity index (χ1n) is 9.45. The van der Waals surface area contributed by atoms with Crippen LogP contribution in [0.25, 0.3) is 0 Å². The van der Waals surface area contributed by atoms with Gasteiger partial charge >= 0.3 is 0 Å². The van der Waals surface area contributed by atoms with E-state index in [0.717, 1.165) is 57.8 Å². The van der Waals surface area contributed by atoms with Gasteiger partial charge in [-0.1, -0.05) is 0 Å². The van der Waals surface area contributed by atoms with Crippen molar-refractivity contribution in [3.8, 4) is 5.75 Å². The molecule has 2 N–H and O–H groups in total. The van der Waals surface area contributed by atoms with Crippen molar-refractivity contribution in [1.29, 1.82) is 0 Å². The highest BCUT2D eigenvalue weighted by Crippen LogP contribution is 2.23. The summed E-state index contributed by atoms with van der Waals surface area (Å²) in [4.78, 5) is 27.8. The zero-order valence-electron chi connectivity index (χ0n) is 15.6. The fourth-order valence-corrected chi connectivity index (χ4v) is 3.31. The Kier molecular flexibility index (Phi) is 8.84. The topological polar surface area (TPSA) is 73.9 Å². The number of anilines is 1. The molecule has 0 aliphatic carbocycles. The second kappa shape index (κ2) is 11.1. The Labute approximate surface area is 166 Å². The van der Waals surface area contributed by atoms with Crippen LogP contribution in [0.15, 0.2) is 24.3 Å². The average molecular weight is 397 g/mol. The van der Waals surface area contributed by atoms with Gasteiger partial charge in [-0.3, -0.25) is 9.59 Å². The highest BCUT2D eigenvalue weighted by Gasteiger charge is 2.21. The van der Waals surface area contributed by atoms with E-state index in [-0.39, 0.29) is 30.8 Å². The first-order chi connectivity index (χ1) is 12.7. The standard InChI is InChI=1S/C19H28N4O3.ClH/c24-18(21-8-2-11-22-13-9-20-10-14-22)15-26-17-6-4-16(5-7-17)23-12-1-3-19(23)25;/h4-7,20H,1-3,8-15H2,(H,21,24);1H. The van der Waals surface area contributed by atoms with Crippen molar-refractivity contribution >= 4 is 29.9 Å². The summed E-state index contributed by atoms with van der Waals surface area (Å²) < 4.78 is 5.53. The smallest absolute Gasteiger partial charge is 0.257 e. The minimum Gasteiger partial charge on any atom is -0.484 e. The molecule has 150 valence electrons. The van der Waals surface area contributed by atoms with Crippen molar-refractivity contribution in [3.63, 3.8) is 0 Å². The van der Waals surface area contributed by atoms with E-state index in [2.05, 4.69) is 15.5 Å². The molecule has 0 atom stereocenters. The second-order valence-electron chi connectivity index (χ2n) is 6.73. The summed E-state index contributed by atoms with van der Waals surface area (Å²) in [5.41, 5.74) is 0.886. The van der Waals surface area contributed by atoms with E-state index in [0.29, 0.717) is 18.7 Å². The molecule has 2 fully saturated rings. The molecule has 1 aromatic carbocycles. The fourth-order valence-electron chi connectivity index (χ4n) is 3.31. The molecule has 2 saturated heterocycles. The van der Waals surface area contributed by atoms with Gasteiger partial charge in [0.15, 0.2) is 6.61 Å². The number of halogens is 1.